The van der Waals surface area contributed by atoms with Crippen molar-refractivity contribution >= 4 is 17.3 Å². The van der Waals surface area contributed by atoms with Crippen LogP contribution in [0.5, 0.6) is 5.75 Å². The highest BCUT2D eigenvalue weighted by atomic mass is 19.3. The molecule has 0 radical (unpaired) electrons. The highest BCUT2D eigenvalue weighted by molar-refractivity contribution is 6.13. The molecule has 3 N–H and O–H groups in total. The predicted molar refractivity (Wildman–Crippen MR) is 122 cm³/mol. The quantitative estimate of drug-likeness (QED) is 0.459. The van der Waals surface area contributed by atoms with Gasteiger partial charge in [-0.25, -0.2) is 4.39 Å². The zero-order valence-corrected chi connectivity index (χ0v) is 19.6. The molecule has 0 fully saturated rings. The lowest BCUT2D eigenvalue weighted by Crippen LogP contribution is -2.50. The summed E-state index contributed by atoms with van der Waals surface area (Å²) in [6.07, 6.45) is 1.30. The fraction of sp³-hybridized carbons (Fsp3) is 0.435. The van der Waals surface area contributed by atoms with E-state index in [9.17, 15) is 18.0 Å². The lowest BCUT2D eigenvalue weighted by atomic mass is 10.0. The van der Waals surface area contributed by atoms with Crippen molar-refractivity contribution < 1.29 is 22.7 Å². The van der Waals surface area contributed by atoms with Crippen molar-refractivity contribution in [2.45, 2.75) is 45.9 Å². The second kappa shape index (κ2) is 10.7. The molecule has 0 unspecified atom stereocenters. The third kappa shape index (κ3) is 7.45. The molecule has 0 saturated heterocycles. The lowest BCUT2D eigenvalue weighted by molar-refractivity contribution is -0.0499. The molecule has 33 heavy (non-hydrogen) atoms. The van der Waals surface area contributed by atoms with Gasteiger partial charge in [-0.05, 0) is 66.1 Å². The number of anilines is 1. The smallest absolute Gasteiger partial charge is 0.387 e. The SMILES string of the molecule is CC(C)Nc1cc(C(=O)NC(C)(C)CN(C)C)cnc1C(=N)c1cc(OC(F)F)ccc1F. The standard InChI is InChI=1S/C23H30F3N5O2/c1-13(2)29-18-9-14(21(32)30-23(3,4)12-31(5)6)11-28-20(18)19(27)16-10-15(33-22(25)26)7-8-17(16)24/h7-11,13,22,27,29H,12H2,1-6H3,(H,30,32). The van der Waals surface area contributed by atoms with Gasteiger partial charge in [-0.2, -0.15) is 8.78 Å². The fourth-order valence-electron chi connectivity index (χ4n) is 3.42. The van der Waals surface area contributed by atoms with Gasteiger partial charge >= 0.3 is 6.61 Å². The van der Waals surface area contributed by atoms with Crippen molar-refractivity contribution in [2.24, 2.45) is 0 Å². The number of hydrogen-bond donors (Lipinski definition) is 3. The summed E-state index contributed by atoms with van der Waals surface area (Å²) in [5.74, 6) is -1.41. The lowest BCUT2D eigenvalue weighted by Gasteiger charge is -2.29. The molecule has 0 saturated carbocycles. The van der Waals surface area contributed by atoms with Crippen LogP contribution in [0.15, 0.2) is 30.5 Å². The Balaban J connectivity index is 2.42. The number of pyridine rings is 1. The molecule has 1 heterocycles. The van der Waals surface area contributed by atoms with Crippen molar-refractivity contribution in [1.29, 1.82) is 5.41 Å². The van der Waals surface area contributed by atoms with Gasteiger partial charge in [0.05, 0.1) is 17.0 Å². The first kappa shape index (κ1) is 26.1. The van der Waals surface area contributed by atoms with Crippen molar-refractivity contribution in [2.75, 3.05) is 26.0 Å². The van der Waals surface area contributed by atoms with Crippen LogP contribution in [0.1, 0.15) is 49.3 Å². The van der Waals surface area contributed by atoms with Crippen LogP contribution in [0.25, 0.3) is 0 Å². The van der Waals surface area contributed by atoms with Gasteiger partial charge in [-0.15, -0.1) is 0 Å². The number of alkyl halides is 2. The van der Waals surface area contributed by atoms with E-state index in [0.29, 0.717) is 12.2 Å². The van der Waals surface area contributed by atoms with Crippen LogP contribution in [-0.2, 0) is 0 Å². The molecule has 1 aromatic carbocycles. The first-order chi connectivity index (χ1) is 15.3. The molecule has 0 aliphatic carbocycles. The molecule has 0 aliphatic heterocycles. The van der Waals surface area contributed by atoms with E-state index in [2.05, 4.69) is 20.4 Å². The largest absolute Gasteiger partial charge is 0.435 e. The van der Waals surface area contributed by atoms with E-state index in [0.717, 1.165) is 18.2 Å². The Kier molecular flexibility index (Phi) is 8.43. The maximum absolute atomic E-state index is 14.4. The number of benzene rings is 1. The van der Waals surface area contributed by atoms with Crippen LogP contribution in [0.2, 0.25) is 0 Å². The molecule has 180 valence electrons. The number of amides is 1. The zero-order valence-electron chi connectivity index (χ0n) is 19.6. The number of carbonyl (C=O) groups excluding carboxylic acids is 1. The molecule has 1 amide bonds. The van der Waals surface area contributed by atoms with Crippen LogP contribution < -0.4 is 15.4 Å². The maximum Gasteiger partial charge on any atom is 0.387 e. The first-order valence-corrected chi connectivity index (χ1v) is 10.4. The number of halogens is 3. The van der Waals surface area contributed by atoms with Crippen LogP contribution in [0, 0.1) is 11.2 Å². The average Bonchev–Trinajstić information content (AvgIpc) is 2.66. The average molecular weight is 466 g/mol. The Hall–Kier alpha value is -3.14. The van der Waals surface area contributed by atoms with E-state index in [1.165, 1.54) is 12.3 Å². The van der Waals surface area contributed by atoms with Gasteiger partial charge in [-0.1, -0.05) is 0 Å². The molecule has 0 spiro atoms. The van der Waals surface area contributed by atoms with E-state index in [4.69, 9.17) is 5.41 Å². The molecule has 1 aromatic heterocycles. The van der Waals surface area contributed by atoms with Crippen LogP contribution in [0.4, 0.5) is 18.9 Å². The number of hydrogen-bond acceptors (Lipinski definition) is 6. The number of carbonyl (C=O) groups is 1. The highest BCUT2D eigenvalue weighted by Crippen LogP contribution is 2.25. The van der Waals surface area contributed by atoms with Gasteiger partial charge in [0, 0.05) is 29.9 Å². The summed E-state index contributed by atoms with van der Waals surface area (Å²) in [6, 6.07) is 4.48. The minimum atomic E-state index is -3.08. The van der Waals surface area contributed by atoms with E-state index in [-0.39, 0.29) is 40.2 Å². The number of aromatic nitrogens is 1. The molecular weight excluding hydrogens is 435 g/mol. The van der Waals surface area contributed by atoms with Gasteiger partial charge in [-0.3, -0.25) is 15.2 Å². The number of nitrogens with one attached hydrogen (secondary N) is 3. The van der Waals surface area contributed by atoms with Crippen molar-refractivity contribution in [3.63, 3.8) is 0 Å². The Bertz CT molecular complexity index is 1010. The van der Waals surface area contributed by atoms with Crippen LogP contribution in [-0.4, -0.2) is 60.3 Å². The number of ether oxygens (including phenoxy) is 1. The Morgan fingerprint density at radius 3 is 2.48 bits per heavy atom. The van der Waals surface area contributed by atoms with Gasteiger partial charge in [0.25, 0.3) is 5.91 Å². The van der Waals surface area contributed by atoms with Gasteiger partial charge in [0.2, 0.25) is 0 Å². The molecular formula is C23H30F3N5O2. The molecule has 0 bridgehead atoms. The predicted octanol–water partition coefficient (Wildman–Crippen LogP) is 4.13. The van der Waals surface area contributed by atoms with Crippen LogP contribution >= 0.6 is 0 Å². The Morgan fingerprint density at radius 1 is 1.24 bits per heavy atom. The normalized spacial score (nSPS) is 11.8. The van der Waals surface area contributed by atoms with E-state index < -0.39 is 18.0 Å². The van der Waals surface area contributed by atoms with Gasteiger partial charge in [0.1, 0.15) is 17.3 Å². The van der Waals surface area contributed by atoms with Gasteiger partial charge in [0.15, 0.2) is 0 Å². The van der Waals surface area contributed by atoms with E-state index in [1.54, 1.807) is 0 Å². The zero-order chi connectivity index (χ0) is 24.9. The van der Waals surface area contributed by atoms with Crippen molar-refractivity contribution in [3.05, 3.63) is 53.1 Å². The number of nitrogens with zero attached hydrogens (tertiary/aromatic N) is 2. The van der Waals surface area contributed by atoms with Crippen molar-refractivity contribution in [3.8, 4) is 5.75 Å². The molecule has 0 atom stereocenters. The minimum absolute atomic E-state index is 0.0703. The summed E-state index contributed by atoms with van der Waals surface area (Å²) in [4.78, 5) is 19.0. The Labute approximate surface area is 191 Å². The third-order valence-corrected chi connectivity index (χ3v) is 4.43. The topological polar surface area (TPSA) is 90.3 Å². The highest BCUT2D eigenvalue weighted by Gasteiger charge is 2.24. The second-order valence-electron chi connectivity index (χ2n) is 8.89. The first-order valence-electron chi connectivity index (χ1n) is 10.4. The molecule has 7 nitrogen and oxygen atoms in total. The summed E-state index contributed by atoms with van der Waals surface area (Å²) in [5, 5.41) is 14.5. The molecule has 2 rings (SSSR count). The summed E-state index contributed by atoms with van der Waals surface area (Å²) in [6.45, 7) is 5.04. The molecule has 0 aliphatic rings. The minimum Gasteiger partial charge on any atom is -0.435 e. The Morgan fingerprint density at radius 2 is 1.91 bits per heavy atom. The van der Waals surface area contributed by atoms with E-state index in [1.807, 2.05) is 46.7 Å². The number of likely N-dealkylation sites (N-methyl/N-ethyl adjacent to an activating group) is 1. The fourth-order valence-corrected chi connectivity index (χ4v) is 3.42. The maximum atomic E-state index is 14.4. The summed E-state index contributed by atoms with van der Waals surface area (Å²) in [7, 11) is 3.81. The monoisotopic (exact) mass is 465 g/mol. The summed E-state index contributed by atoms with van der Waals surface area (Å²) in [5.41, 5.74) is -0.427. The van der Waals surface area contributed by atoms with Crippen LogP contribution in [0.3, 0.4) is 0 Å². The van der Waals surface area contributed by atoms with Crippen molar-refractivity contribution in [1.82, 2.24) is 15.2 Å². The molecule has 2 aromatic rings. The van der Waals surface area contributed by atoms with E-state index >= 15 is 0 Å². The third-order valence-electron chi connectivity index (χ3n) is 4.43. The summed E-state index contributed by atoms with van der Waals surface area (Å²) >= 11 is 0. The van der Waals surface area contributed by atoms with Gasteiger partial charge < -0.3 is 20.3 Å². The molecule has 10 heteroatoms. The number of rotatable bonds is 10. The summed E-state index contributed by atoms with van der Waals surface area (Å²) < 4.78 is 43.9. The second-order valence-corrected chi connectivity index (χ2v) is 8.89.